The predicted molar refractivity (Wildman–Crippen MR) is 71.2 cm³/mol. The van der Waals surface area contributed by atoms with Crippen molar-refractivity contribution in [3.63, 3.8) is 0 Å². The fourth-order valence-electron chi connectivity index (χ4n) is 1.75. The maximum absolute atomic E-state index is 5.63. The molecule has 2 aromatic heterocycles. The number of methoxy groups -OCH3 is 1. The van der Waals surface area contributed by atoms with E-state index in [-0.39, 0.29) is 5.95 Å². The van der Waals surface area contributed by atoms with Gasteiger partial charge in [0.1, 0.15) is 12.4 Å². The second-order valence-electron chi connectivity index (χ2n) is 4.02. The number of rotatable bonds is 4. The molecule has 0 saturated carbocycles. The summed E-state index contributed by atoms with van der Waals surface area (Å²) in [5, 5.41) is 10.3. The molecule has 0 bridgehead atoms. The Morgan fingerprint density at radius 1 is 1.25 bits per heavy atom. The van der Waals surface area contributed by atoms with Gasteiger partial charge < -0.3 is 15.2 Å². The van der Waals surface area contributed by atoms with Crippen LogP contribution in [-0.2, 0) is 6.61 Å². The van der Waals surface area contributed by atoms with Crippen molar-refractivity contribution < 1.29 is 9.47 Å². The quantitative estimate of drug-likeness (QED) is 0.726. The third-order valence-electron chi connectivity index (χ3n) is 2.68. The van der Waals surface area contributed by atoms with E-state index in [1.807, 2.05) is 24.3 Å². The number of nitrogens with two attached hydrogens (primary N) is 1. The summed E-state index contributed by atoms with van der Waals surface area (Å²) in [7, 11) is 1.62. The van der Waals surface area contributed by atoms with Gasteiger partial charge in [-0.3, -0.25) is 0 Å². The van der Waals surface area contributed by atoms with Crippen molar-refractivity contribution in [1.29, 1.82) is 0 Å². The number of nitrogens with zero attached hydrogens (tertiary/aromatic N) is 4. The molecular formula is C12H12N6O2. The highest BCUT2D eigenvalue weighted by Gasteiger charge is 2.11. The third kappa shape index (κ3) is 2.30. The highest BCUT2D eigenvalue weighted by Crippen LogP contribution is 2.21. The van der Waals surface area contributed by atoms with Crippen molar-refractivity contribution in [2.24, 2.45) is 0 Å². The molecule has 3 aromatic rings. The molecule has 8 nitrogen and oxygen atoms in total. The van der Waals surface area contributed by atoms with Crippen LogP contribution in [0, 0.1) is 0 Å². The van der Waals surface area contributed by atoms with Crippen molar-refractivity contribution in [1.82, 2.24) is 25.4 Å². The highest BCUT2D eigenvalue weighted by molar-refractivity contribution is 5.75. The van der Waals surface area contributed by atoms with Crippen LogP contribution in [0.4, 0.5) is 5.95 Å². The van der Waals surface area contributed by atoms with Crippen molar-refractivity contribution in [3.8, 4) is 11.6 Å². The van der Waals surface area contributed by atoms with Crippen molar-refractivity contribution in [2.75, 3.05) is 12.8 Å². The maximum atomic E-state index is 5.63. The van der Waals surface area contributed by atoms with Gasteiger partial charge in [-0.05, 0) is 17.7 Å². The van der Waals surface area contributed by atoms with Crippen molar-refractivity contribution in [2.45, 2.75) is 6.61 Å². The first-order chi connectivity index (χ1) is 9.76. The van der Waals surface area contributed by atoms with Gasteiger partial charge in [-0.25, -0.2) is 0 Å². The zero-order valence-corrected chi connectivity index (χ0v) is 10.7. The lowest BCUT2D eigenvalue weighted by Crippen LogP contribution is -2.02. The van der Waals surface area contributed by atoms with Crippen LogP contribution in [0.5, 0.6) is 11.6 Å². The first kappa shape index (κ1) is 12.2. The molecule has 0 spiro atoms. The van der Waals surface area contributed by atoms with Crippen LogP contribution in [0.15, 0.2) is 24.3 Å². The Kier molecular flexibility index (Phi) is 3.04. The molecule has 3 N–H and O–H groups in total. The molecule has 1 aromatic carbocycles. The topological polar surface area (TPSA) is 112 Å². The lowest BCUT2D eigenvalue weighted by atomic mass is 10.2. The van der Waals surface area contributed by atoms with Gasteiger partial charge in [0.25, 0.3) is 0 Å². The van der Waals surface area contributed by atoms with Crippen molar-refractivity contribution >= 4 is 17.1 Å². The maximum Gasteiger partial charge on any atom is 0.249 e. The molecule has 0 amide bonds. The Morgan fingerprint density at radius 3 is 3.00 bits per heavy atom. The molecule has 20 heavy (non-hydrogen) atoms. The van der Waals surface area contributed by atoms with Crippen molar-refractivity contribution in [3.05, 3.63) is 29.8 Å². The molecule has 0 fully saturated rings. The monoisotopic (exact) mass is 272 g/mol. The fourth-order valence-corrected chi connectivity index (χ4v) is 1.75. The molecule has 0 aliphatic carbocycles. The summed E-state index contributed by atoms with van der Waals surface area (Å²) < 4.78 is 10.8. The molecule has 0 aliphatic heterocycles. The minimum Gasteiger partial charge on any atom is -0.497 e. The van der Waals surface area contributed by atoms with E-state index < -0.39 is 0 Å². The Hall–Kier alpha value is -2.90. The minimum atomic E-state index is 0.0899. The summed E-state index contributed by atoms with van der Waals surface area (Å²) in [5.74, 6) is 1.15. The number of hydrogen-bond acceptors (Lipinski definition) is 7. The van der Waals surface area contributed by atoms with E-state index >= 15 is 0 Å². The molecule has 0 unspecified atom stereocenters. The van der Waals surface area contributed by atoms with E-state index in [0.717, 1.165) is 11.3 Å². The molecule has 3 rings (SSSR count). The normalized spacial score (nSPS) is 10.7. The number of fused-ring (bicyclic) bond motifs is 1. The van der Waals surface area contributed by atoms with Crippen LogP contribution in [-0.4, -0.2) is 32.5 Å². The molecule has 2 heterocycles. The standard InChI is InChI=1S/C12H12N6O2/c1-19-8-4-2-3-7(5-8)6-20-11-9-10(17-18-16-9)14-12(13)15-11/h2-5H,6H2,1H3,(H3,13,14,15,16,17,18). The van der Waals surface area contributed by atoms with E-state index in [4.69, 9.17) is 15.2 Å². The van der Waals surface area contributed by atoms with Crippen LogP contribution in [0.2, 0.25) is 0 Å². The molecular weight excluding hydrogens is 260 g/mol. The predicted octanol–water partition coefficient (Wildman–Crippen LogP) is 0.918. The van der Waals surface area contributed by atoms with Gasteiger partial charge in [-0.1, -0.05) is 12.1 Å². The largest absolute Gasteiger partial charge is 0.497 e. The molecule has 102 valence electrons. The Morgan fingerprint density at radius 2 is 2.15 bits per heavy atom. The summed E-state index contributed by atoms with van der Waals surface area (Å²) in [6.07, 6.45) is 0. The van der Waals surface area contributed by atoms with E-state index in [9.17, 15) is 0 Å². The lowest BCUT2D eigenvalue weighted by Gasteiger charge is -2.07. The van der Waals surface area contributed by atoms with Gasteiger partial charge in [0.2, 0.25) is 17.5 Å². The number of aromatic amines is 1. The first-order valence-electron chi connectivity index (χ1n) is 5.86. The van der Waals surface area contributed by atoms with Gasteiger partial charge in [0.15, 0.2) is 5.52 Å². The molecule has 0 aliphatic rings. The lowest BCUT2D eigenvalue weighted by molar-refractivity contribution is 0.296. The van der Waals surface area contributed by atoms with Gasteiger partial charge in [-0.2, -0.15) is 15.2 Å². The minimum absolute atomic E-state index is 0.0899. The van der Waals surface area contributed by atoms with Gasteiger partial charge in [-0.15, -0.1) is 10.2 Å². The third-order valence-corrected chi connectivity index (χ3v) is 2.68. The SMILES string of the molecule is COc1cccc(COc2nc(N)nc3n[nH]nc23)c1. The number of benzene rings is 1. The number of anilines is 1. The number of H-pyrrole nitrogens is 1. The van der Waals surface area contributed by atoms with E-state index in [1.165, 1.54) is 0 Å². The molecule has 0 atom stereocenters. The number of ether oxygens (including phenoxy) is 2. The van der Waals surface area contributed by atoms with E-state index in [1.54, 1.807) is 7.11 Å². The number of aromatic nitrogens is 5. The number of nitrogen functional groups attached to an aromatic ring is 1. The van der Waals surface area contributed by atoms with Gasteiger partial charge >= 0.3 is 0 Å². The fraction of sp³-hybridized carbons (Fsp3) is 0.167. The summed E-state index contributed by atoms with van der Waals surface area (Å²) in [5.41, 5.74) is 7.36. The Labute approximate surface area is 113 Å². The zero-order chi connectivity index (χ0) is 13.9. The van der Waals surface area contributed by atoms with Crippen LogP contribution in [0.1, 0.15) is 5.56 Å². The van der Waals surface area contributed by atoms with Gasteiger partial charge in [0, 0.05) is 0 Å². The van der Waals surface area contributed by atoms with Crippen LogP contribution in [0.25, 0.3) is 11.2 Å². The average Bonchev–Trinajstić information content (AvgIpc) is 2.93. The Balaban J connectivity index is 1.84. The number of nitrogens with one attached hydrogen (secondary N) is 1. The second kappa shape index (κ2) is 5.00. The first-order valence-corrected chi connectivity index (χ1v) is 5.86. The van der Waals surface area contributed by atoms with Crippen LogP contribution >= 0.6 is 0 Å². The van der Waals surface area contributed by atoms with E-state index in [0.29, 0.717) is 23.7 Å². The molecule has 8 heteroatoms. The zero-order valence-electron chi connectivity index (χ0n) is 10.7. The highest BCUT2D eigenvalue weighted by atomic mass is 16.5. The second-order valence-corrected chi connectivity index (χ2v) is 4.02. The van der Waals surface area contributed by atoms with E-state index in [2.05, 4.69) is 25.4 Å². The molecule has 0 saturated heterocycles. The van der Waals surface area contributed by atoms with Gasteiger partial charge in [0.05, 0.1) is 7.11 Å². The smallest absolute Gasteiger partial charge is 0.249 e. The summed E-state index contributed by atoms with van der Waals surface area (Å²) in [6, 6.07) is 7.55. The summed E-state index contributed by atoms with van der Waals surface area (Å²) >= 11 is 0. The van der Waals surface area contributed by atoms with Crippen LogP contribution in [0.3, 0.4) is 0 Å². The number of hydrogen-bond donors (Lipinski definition) is 2. The van der Waals surface area contributed by atoms with Crippen LogP contribution < -0.4 is 15.2 Å². The average molecular weight is 272 g/mol. The summed E-state index contributed by atoms with van der Waals surface area (Å²) in [4.78, 5) is 7.96. The molecule has 0 radical (unpaired) electrons. The Bertz CT molecular complexity index is 742. The summed E-state index contributed by atoms with van der Waals surface area (Å²) in [6.45, 7) is 0.315.